The molecule has 0 N–H and O–H groups in total. The monoisotopic (exact) mass is 353 g/mol. The molecule has 0 saturated heterocycles. The van der Waals surface area contributed by atoms with Gasteiger partial charge in [0.2, 0.25) is 0 Å². The maximum atomic E-state index is 12.3. The zero-order chi connectivity index (χ0) is 16.7. The van der Waals surface area contributed by atoms with Gasteiger partial charge in [-0.2, -0.15) is 0 Å². The molecule has 0 atom stereocenters. The van der Waals surface area contributed by atoms with Crippen LogP contribution in [-0.4, -0.2) is 4.98 Å². The van der Waals surface area contributed by atoms with Crippen molar-refractivity contribution in [2.24, 2.45) is 0 Å². The summed E-state index contributed by atoms with van der Waals surface area (Å²) in [6.07, 6.45) is 0. The number of aromatic nitrogens is 1. The molecule has 0 aliphatic rings. The van der Waals surface area contributed by atoms with Crippen molar-refractivity contribution in [1.82, 2.24) is 4.98 Å². The number of fused-ring (bicyclic) bond motifs is 1. The van der Waals surface area contributed by atoms with Gasteiger partial charge in [-0.25, -0.2) is 9.78 Å². The van der Waals surface area contributed by atoms with Gasteiger partial charge in [0.1, 0.15) is 10.6 Å². The van der Waals surface area contributed by atoms with E-state index in [1.807, 2.05) is 37.3 Å². The van der Waals surface area contributed by atoms with Crippen LogP contribution < -0.4 is 5.63 Å². The molecule has 0 aliphatic heterocycles. The summed E-state index contributed by atoms with van der Waals surface area (Å²) in [6, 6.07) is 16.9. The molecule has 4 rings (SSSR count). The number of rotatable bonds is 2. The Morgan fingerprint density at radius 1 is 1.08 bits per heavy atom. The Balaban J connectivity index is 1.89. The van der Waals surface area contributed by atoms with E-state index in [1.54, 1.807) is 24.3 Å². The number of hydrogen-bond acceptors (Lipinski definition) is 4. The van der Waals surface area contributed by atoms with E-state index in [1.165, 1.54) is 11.3 Å². The van der Waals surface area contributed by atoms with Gasteiger partial charge in [-0.1, -0.05) is 41.9 Å². The number of halogens is 1. The fraction of sp³-hybridized carbons (Fsp3) is 0.0526. The van der Waals surface area contributed by atoms with Gasteiger partial charge < -0.3 is 4.42 Å². The minimum absolute atomic E-state index is 0.391. The average Bonchev–Trinajstić information content (AvgIpc) is 2.97. The van der Waals surface area contributed by atoms with Gasteiger partial charge >= 0.3 is 5.63 Å². The van der Waals surface area contributed by atoms with E-state index in [9.17, 15) is 4.79 Å². The Labute approximate surface area is 147 Å². The summed E-state index contributed by atoms with van der Waals surface area (Å²) in [7, 11) is 0. The summed E-state index contributed by atoms with van der Waals surface area (Å²) >= 11 is 7.52. The van der Waals surface area contributed by atoms with Crippen molar-refractivity contribution in [1.29, 1.82) is 0 Å². The second kappa shape index (κ2) is 5.89. The van der Waals surface area contributed by atoms with E-state index in [-0.39, 0.29) is 0 Å². The highest BCUT2D eigenvalue weighted by Gasteiger charge is 2.15. The first kappa shape index (κ1) is 15.1. The SMILES string of the molecule is Cc1sc(-c2cc3cc(Cl)ccc3oc2=O)nc1-c1ccccc1. The van der Waals surface area contributed by atoms with Gasteiger partial charge in [0.05, 0.1) is 11.3 Å². The molecule has 0 bridgehead atoms. The van der Waals surface area contributed by atoms with Gasteiger partial charge in [0.15, 0.2) is 0 Å². The minimum Gasteiger partial charge on any atom is -0.422 e. The fourth-order valence-corrected chi connectivity index (χ4v) is 3.74. The van der Waals surface area contributed by atoms with Crippen molar-refractivity contribution in [3.8, 4) is 21.8 Å². The number of aryl methyl sites for hydroxylation is 1. The smallest absolute Gasteiger partial charge is 0.346 e. The molecule has 118 valence electrons. The van der Waals surface area contributed by atoms with Crippen LogP contribution in [0, 0.1) is 6.92 Å². The van der Waals surface area contributed by atoms with Gasteiger partial charge in [0, 0.05) is 20.8 Å². The Hall–Kier alpha value is -2.43. The van der Waals surface area contributed by atoms with Crippen molar-refractivity contribution >= 4 is 33.9 Å². The molecular formula is C19H12ClNO2S. The summed E-state index contributed by atoms with van der Waals surface area (Å²) in [6.45, 7) is 2.00. The molecule has 0 radical (unpaired) electrons. The first-order valence-electron chi connectivity index (χ1n) is 7.38. The lowest BCUT2D eigenvalue weighted by molar-refractivity contribution is 0.563. The lowest BCUT2D eigenvalue weighted by Crippen LogP contribution is -2.02. The number of benzene rings is 2. The third-order valence-electron chi connectivity index (χ3n) is 3.77. The van der Waals surface area contributed by atoms with Crippen molar-refractivity contribution in [2.45, 2.75) is 6.92 Å². The molecule has 2 aromatic carbocycles. The zero-order valence-corrected chi connectivity index (χ0v) is 14.3. The van der Waals surface area contributed by atoms with Crippen molar-refractivity contribution < 1.29 is 4.42 Å². The van der Waals surface area contributed by atoms with Crippen LogP contribution in [0.4, 0.5) is 0 Å². The molecule has 0 amide bonds. The van der Waals surface area contributed by atoms with Crippen LogP contribution in [0.3, 0.4) is 0 Å². The molecule has 0 unspecified atom stereocenters. The van der Waals surface area contributed by atoms with E-state index in [2.05, 4.69) is 4.98 Å². The van der Waals surface area contributed by atoms with Gasteiger partial charge in [-0.3, -0.25) is 0 Å². The Bertz CT molecular complexity index is 1100. The second-order valence-corrected chi connectivity index (χ2v) is 7.06. The molecule has 0 saturated carbocycles. The molecular weight excluding hydrogens is 342 g/mol. The normalized spacial score (nSPS) is 11.1. The third kappa shape index (κ3) is 2.64. The topological polar surface area (TPSA) is 43.1 Å². The van der Waals surface area contributed by atoms with Crippen LogP contribution in [0.5, 0.6) is 0 Å². The number of hydrogen-bond donors (Lipinski definition) is 0. The maximum Gasteiger partial charge on any atom is 0.346 e. The summed E-state index contributed by atoms with van der Waals surface area (Å²) in [4.78, 5) is 18.1. The Morgan fingerprint density at radius 3 is 2.67 bits per heavy atom. The summed E-state index contributed by atoms with van der Waals surface area (Å²) < 4.78 is 5.41. The summed E-state index contributed by atoms with van der Waals surface area (Å²) in [5.74, 6) is 0. The van der Waals surface area contributed by atoms with Crippen LogP contribution >= 0.6 is 22.9 Å². The van der Waals surface area contributed by atoms with Gasteiger partial charge in [-0.05, 0) is 31.2 Å². The van der Waals surface area contributed by atoms with E-state index in [0.29, 0.717) is 21.2 Å². The van der Waals surface area contributed by atoms with E-state index < -0.39 is 5.63 Å². The van der Waals surface area contributed by atoms with Crippen LogP contribution in [0.2, 0.25) is 5.02 Å². The van der Waals surface area contributed by atoms with Gasteiger partial charge in [-0.15, -0.1) is 11.3 Å². The van der Waals surface area contributed by atoms with Crippen LogP contribution in [0.25, 0.3) is 32.8 Å². The molecule has 0 fully saturated rings. The lowest BCUT2D eigenvalue weighted by Gasteiger charge is -2.00. The number of thiazole rings is 1. The van der Waals surface area contributed by atoms with Crippen LogP contribution in [-0.2, 0) is 0 Å². The Kier molecular flexibility index (Phi) is 3.71. The van der Waals surface area contributed by atoms with Crippen molar-refractivity contribution in [2.75, 3.05) is 0 Å². The third-order valence-corrected chi connectivity index (χ3v) is 5.01. The first-order valence-corrected chi connectivity index (χ1v) is 8.58. The largest absolute Gasteiger partial charge is 0.422 e. The summed E-state index contributed by atoms with van der Waals surface area (Å²) in [5.41, 5.74) is 2.51. The van der Waals surface area contributed by atoms with Crippen molar-refractivity contribution in [3.63, 3.8) is 0 Å². The Morgan fingerprint density at radius 2 is 1.88 bits per heavy atom. The van der Waals surface area contributed by atoms with Crippen LogP contribution in [0.1, 0.15) is 4.88 Å². The summed E-state index contributed by atoms with van der Waals surface area (Å²) in [5, 5.41) is 2.04. The van der Waals surface area contributed by atoms with Crippen LogP contribution in [0.15, 0.2) is 63.8 Å². The highest BCUT2D eigenvalue weighted by Crippen LogP contribution is 2.33. The molecule has 3 nitrogen and oxygen atoms in total. The molecule has 2 heterocycles. The molecule has 24 heavy (non-hydrogen) atoms. The van der Waals surface area contributed by atoms with E-state index >= 15 is 0 Å². The maximum absolute atomic E-state index is 12.3. The van der Waals surface area contributed by atoms with E-state index in [0.717, 1.165) is 21.5 Å². The molecule has 2 aromatic heterocycles. The molecule has 0 spiro atoms. The predicted molar refractivity (Wildman–Crippen MR) is 98.8 cm³/mol. The standard InChI is InChI=1S/C19H12ClNO2S/c1-11-17(12-5-3-2-4-6-12)21-18(24-11)15-10-13-9-14(20)7-8-16(13)23-19(15)22/h2-10H,1H3. The quantitative estimate of drug-likeness (QED) is 0.444. The molecule has 5 heteroatoms. The van der Waals surface area contributed by atoms with Crippen molar-refractivity contribution in [3.05, 3.63) is 74.9 Å². The zero-order valence-electron chi connectivity index (χ0n) is 12.7. The fourth-order valence-electron chi connectivity index (χ4n) is 2.62. The first-order chi connectivity index (χ1) is 11.6. The molecule has 4 aromatic rings. The highest BCUT2D eigenvalue weighted by molar-refractivity contribution is 7.15. The van der Waals surface area contributed by atoms with E-state index in [4.69, 9.17) is 16.0 Å². The minimum atomic E-state index is -0.391. The van der Waals surface area contributed by atoms with Gasteiger partial charge in [0.25, 0.3) is 0 Å². The lowest BCUT2D eigenvalue weighted by atomic mass is 10.1. The highest BCUT2D eigenvalue weighted by atomic mass is 35.5. The predicted octanol–water partition coefficient (Wildman–Crippen LogP) is 5.55. The number of nitrogens with zero attached hydrogens (tertiary/aromatic N) is 1. The average molecular weight is 354 g/mol. The second-order valence-electron chi connectivity index (χ2n) is 5.42. The molecule has 0 aliphatic carbocycles.